The summed E-state index contributed by atoms with van der Waals surface area (Å²) >= 11 is 0. The van der Waals surface area contributed by atoms with Gasteiger partial charge < -0.3 is 5.11 Å². The van der Waals surface area contributed by atoms with Crippen LogP contribution in [-0.4, -0.2) is 17.0 Å². The van der Waals surface area contributed by atoms with Crippen LogP contribution in [-0.2, 0) is 4.79 Å². The molecule has 0 aliphatic carbocycles. The van der Waals surface area contributed by atoms with E-state index in [1.165, 1.54) is 6.08 Å². The highest BCUT2D eigenvalue weighted by Gasteiger charge is 2.06. The molecule has 0 fully saturated rings. The average Bonchev–Trinajstić information content (AvgIpc) is 1.98. The molecule has 2 nitrogen and oxygen atoms in total. The van der Waals surface area contributed by atoms with Crippen LogP contribution in [0.2, 0.25) is 0 Å². The van der Waals surface area contributed by atoms with Gasteiger partial charge in [-0.2, -0.15) is 0 Å². The standard InChI is InChI=1S/C8H14O2/c1-3-5-6-8(10)7(9)4-2/h5-7,9H,3-4H2,1-2H3/b6-5+. The Labute approximate surface area is 61.6 Å². The average molecular weight is 142 g/mol. The molecule has 0 amide bonds. The topological polar surface area (TPSA) is 37.3 Å². The zero-order chi connectivity index (χ0) is 7.98. The molecule has 0 spiro atoms. The zero-order valence-electron chi connectivity index (χ0n) is 6.50. The molecule has 0 bridgehead atoms. The summed E-state index contributed by atoms with van der Waals surface area (Å²) in [5, 5.41) is 8.95. The molecule has 1 N–H and O–H groups in total. The van der Waals surface area contributed by atoms with E-state index in [2.05, 4.69) is 0 Å². The first-order chi connectivity index (χ1) is 4.72. The van der Waals surface area contributed by atoms with Crippen LogP contribution in [0.3, 0.4) is 0 Å². The number of aliphatic hydroxyl groups is 1. The van der Waals surface area contributed by atoms with Crippen molar-refractivity contribution in [3.63, 3.8) is 0 Å². The second-order valence-electron chi connectivity index (χ2n) is 2.14. The van der Waals surface area contributed by atoms with Crippen molar-refractivity contribution in [3.05, 3.63) is 12.2 Å². The Morgan fingerprint density at radius 3 is 2.60 bits per heavy atom. The van der Waals surface area contributed by atoms with Crippen LogP contribution in [0.15, 0.2) is 12.2 Å². The van der Waals surface area contributed by atoms with Gasteiger partial charge in [-0.1, -0.05) is 19.9 Å². The Kier molecular flexibility index (Phi) is 4.85. The van der Waals surface area contributed by atoms with Gasteiger partial charge in [-0.3, -0.25) is 4.79 Å². The van der Waals surface area contributed by atoms with Crippen LogP contribution < -0.4 is 0 Å². The lowest BCUT2D eigenvalue weighted by molar-refractivity contribution is -0.122. The van der Waals surface area contributed by atoms with Crippen LogP contribution in [0.5, 0.6) is 0 Å². The lowest BCUT2D eigenvalue weighted by Crippen LogP contribution is -2.16. The van der Waals surface area contributed by atoms with Crippen molar-refractivity contribution < 1.29 is 9.90 Å². The molecule has 2 heteroatoms. The van der Waals surface area contributed by atoms with Gasteiger partial charge in [0, 0.05) is 0 Å². The summed E-state index contributed by atoms with van der Waals surface area (Å²) < 4.78 is 0. The van der Waals surface area contributed by atoms with Gasteiger partial charge in [-0.25, -0.2) is 0 Å². The minimum atomic E-state index is -0.803. The lowest BCUT2D eigenvalue weighted by Gasteiger charge is -1.99. The predicted molar refractivity (Wildman–Crippen MR) is 40.7 cm³/mol. The van der Waals surface area contributed by atoms with Crippen molar-refractivity contribution >= 4 is 5.78 Å². The molecule has 1 unspecified atom stereocenters. The molecular weight excluding hydrogens is 128 g/mol. The summed E-state index contributed by atoms with van der Waals surface area (Å²) in [6, 6.07) is 0. The van der Waals surface area contributed by atoms with E-state index in [0.29, 0.717) is 6.42 Å². The quantitative estimate of drug-likeness (QED) is 0.600. The van der Waals surface area contributed by atoms with E-state index in [1.54, 1.807) is 13.0 Å². The molecule has 0 radical (unpaired) electrons. The molecule has 0 aliphatic rings. The van der Waals surface area contributed by atoms with Crippen molar-refractivity contribution in [3.8, 4) is 0 Å². The summed E-state index contributed by atoms with van der Waals surface area (Å²) in [6.07, 6.45) is 3.72. The van der Waals surface area contributed by atoms with Crippen LogP contribution in [0.4, 0.5) is 0 Å². The molecule has 0 aliphatic heterocycles. The number of aliphatic hydroxyl groups excluding tert-OH is 1. The SMILES string of the molecule is CC/C=C/C(=O)C(O)CC. The van der Waals surface area contributed by atoms with Crippen LogP contribution >= 0.6 is 0 Å². The molecule has 0 saturated carbocycles. The molecule has 58 valence electrons. The summed E-state index contributed by atoms with van der Waals surface area (Å²) in [7, 11) is 0. The molecule has 0 aromatic heterocycles. The van der Waals surface area contributed by atoms with E-state index in [0.717, 1.165) is 6.42 Å². The van der Waals surface area contributed by atoms with Gasteiger partial charge in [0.1, 0.15) is 6.10 Å². The van der Waals surface area contributed by atoms with E-state index < -0.39 is 6.10 Å². The highest BCUT2D eigenvalue weighted by atomic mass is 16.3. The fourth-order valence-electron chi connectivity index (χ4n) is 0.546. The predicted octanol–water partition coefficient (Wildman–Crippen LogP) is 1.29. The monoisotopic (exact) mass is 142 g/mol. The van der Waals surface area contributed by atoms with Gasteiger partial charge in [0.25, 0.3) is 0 Å². The first-order valence-corrected chi connectivity index (χ1v) is 3.60. The maximum absolute atomic E-state index is 10.8. The minimum Gasteiger partial charge on any atom is -0.385 e. The smallest absolute Gasteiger partial charge is 0.183 e. The van der Waals surface area contributed by atoms with Crippen molar-refractivity contribution in [1.82, 2.24) is 0 Å². The number of carbonyl (C=O) groups is 1. The lowest BCUT2D eigenvalue weighted by atomic mass is 10.1. The molecular formula is C8H14O2. The van der Waals surface area contributed by atoms with E-state index >= 15 is 0 Å². The van der Waals surface area contributed by atoms with E-state index in [1.807, 2.05) is 6.92 Å². The summed E-state index contributed by atoms with van der Waals surface area (Å²) in [6.45, 7) is 3.73. The Morgan fingerprint density at radius 2 is 2.20 bits per heavy atom. The number of carbonyl (C=O) groups excluding carboxylic acids is 1. The van der Waals surface area contributed by atoms with Crippen LogP contribution in [0, 0.1) is 0 Å². The fourth-order valence-corrected chi connectivity index (χ4v) is 0.546. The maximum atomic E-state index is 10.8. The first-order valence-electron chi connectivity index (χ1n) is 3.60. The molecule has 0 heterocycles. The van der Waals surface area contributed by atoms with E-state index in [9.17, 15) is 4.79 Å². The third-order valence-electron chi connectivity index (χ3n) is 1.23. The summed E-state index contributed by atoms with van der Waals surface area (Å²) in [5.74, 6) is -0.190. The van der Waals surface area contributed by atoms with E-state index in [-0.39, 0.29) is 5.78 Å². The first kappa shape index (κ1) is 9.37. The van der Waals surface area contributed by atoms with Gasteiger partial charge in [-0.05, 0) is 18.9 Å². The van der Waals surface area contributed by atoms with E-state index in [4.69, 9.17) is 5.11 Å². The minimum absolute atomic E-state index is 0.190. The van der Waals surface area contributed by atoms with Crippen molar-refractivity contribution in [2.75, 3.05) is 0 Å². The second-order valence-corrected chi connectivity index (χ2v) is 2.14. The Balaban J connectivity index is 3.72. The van der Waals surface area contributed by atoms with Gasteiger partial charge >= 0.3 is 0 Å². The third-order valence-corrected chi connectivity index (χ3v) is 1.23. The molecule has 0 aromatic carbocycles. The number of rotatable bonds is 4. The van der Waals surface area contributed by atoms with Crippen LogP contribution in [0.25, 0.3) is 0 Å². The summed E-state index contributed by atoms with van der Waals surface area (Å²) in [5.41, 5.74) is 0. The molecule has 0 aromatic rings. The molecule has 0 saturated heterocycles. The number of hydrogen-bond donors (Lipinski definition) is 1. The summed E-state index contributed by atoms with van der Waals surface area (Å²) in [4.78, 5) is 10.8. The third kappa shape index (κ3) is 3.41. The van der Waals surface area contributed by atoms with Gasteiger partial charge in [-0.15, -0.1) is 0 Å². The van der Waals surface area contributed by atoms with Crippen LogP contribution in [0.1, 0.15) is 26.7 Å². The Hall–Kier alpha value is -0.630. The second kappa shape index (κ2) is 5.18. The fraction of sp³-hybridized carbons (Fsp3) is 0.625. The largest absolute Gasteiger partial charge is 0.385 e. The molecule has 10 heavy (non-hydrogen) atoms. The Morgan fingerprint density at radius 1 is 1.60 bits per heavy atom. The Bertz CT molecular complexity index is 127. The van der Waals surface area contributed by atoms with Crippen molar-refractivity contribution in [1.29, 1.82) is 0 Å². The molecule has 0 rings (SSSR count). The van der Waals surface area contributed by atoms with Crippen molar-refractivity contribution in [2.45, 2.75) is 32.8 Å². The number of ketones is 1. The zero-order valence-corrected chi connectivity index (χ0v) is 6.50. The van der Waals surface area contributed by atoms with Gasteiger partial charge in [0.05, 0.1) is 0 Å². The van der Waals surface area contributed by atoms with Crippen molar-refractivity contribution in [2.24, 2.45) is 0 Å². The number of allylic oxidation sites excluding steroid dienone is 1. The number of hydrogen-bond acceptors (Lipinski definition) is 2. The highest BCUT2D eigenvalue weighted by molar-refractivity contribution is 5.93. The molecule has 1 atom stereocenters. The van der Waals surface area contributed by atoms with Gasteiger partial charge in [0.2, 0.25) is 0 Å². The maximum Gasteiger partial charge on any atom is 0.183 e. The highest BCUT2D eigenvalue weighted by Crippen LogP contribution is 1.93. The van der Waals surface area contributed by atoms with Gasteiger partial charge in [0.15, 0.2) is 5.78 Å². The normalized spacial score (nSPS) is 13.9.